The molecule has 3 heterocycles. The van der Waals surface area contributed by atoms with Crippen molar-refractivity contribution < 1.29 is 9.18 Å². The first-order chi connectivity index (χ1) is 15.5. The van der Waals surface area contributed by atoms with Gasteiger partial charge in [0.05, 0.1) is 16.1 Å². The standard InChI is InChI=1S/C24H24FN5OS/c1-15-6-8-20(9-7-15)30-22-21(16(2)28-30)32-24(27-22)29-12-10-19(11-13-29)26-23(31)17-4-3-5-18(25)14-17/h3-9,14,19H,10-13H2,1-2H3,(H,26,31). The number of carbonyl (C=O) groups is 1. The Bertz CT molecular complexity index is 1270. The molecule has 0 saturated carbocycles. The number of thiazole rings is 1. The number of benzene rings is 2. The zero-order valence-electron chi connectivity index (χ0n) is 18.0. The highest BCUT2D eigenvalue weighted by Crippen LogP contribution is 2.33. The number of aromatic nitrogens is 3. The van der Waals surface area contributed by atoms with Crippen molar-refractivity contribution >= 4 is 32.7 Å². The molecule has 1 fully saturated rings. The predicted molar refractivity (Wildman–Crippen MR) is 125 cm³/mol. The second-order valence-electron chi connectivity index (χ2n) is 8.23. The van der Waals surface area contributed by atoms with Crippen LogP contribution in [0.1, 0.15) is 34.5 Å². The van der Waals surface area contributed by atoms with E-state index in [-0.39, 0.29) is 11.9 Å². The van der Waals surface area contributed by atoms with Crippen LogP contribution in [0.2, 0.25) is 0 Å². The first-order valence-electron chi connectivity index (χ1n) is 10.7. The molecule has 1 aliphatic rings. The molecule has 4 aromatic rings. The first kappa shape index (κ1) is 20.6. The third-order valence-electron chi connectivity index (χ3n) is 5.84. The number of piperidine rings is 1. The highest BCUT2D eigenvalue weighted by molar-refractivity contribution is 7.22. The minimum Gasteiger partial charge on any atom is -0.349 e. The lowest BCUT2D eigenvalue weighted by atomic mass is 10.0. The van der Waals surface area contributed by atoms with Crippen molar-refractivity contribution in [2.24, 2.45) is 0 Å². The molecular formula is C24H24FN5OS. The van der Waals surface area contributed by atoms with E-state index in [0.717, 1.165) is 52.8 Å². The van der Waals surface area contributed by atoms with E-state index in [0.29, 0.717) is 5.56 Å². The van der Waals surface area contributed by atoms with E-state index in [1.807, 2.05) is 11.6 Å². The lowest BCUT2D eigenvalue weighted by molar-refractivity contribution is 0.0930. The van der Waals surface area contributed by atoms with Crippen molar-refractivity contribution in [1.82, 2.24) is 20.1 Å². The van der Waals surface area contributed by atoms with E-state index in [9.17, 15) is 9.18 Å². The van der Waals surface area contributed by atoms with Gasteiger partial charge in [-0.25, -0.2) is 9.07 Å². The lowest BCUT2D eigenvalue weighted by Gasteiger charge is -2.32. The van der Waals surface area contributed by atoms with Crippen molar-refractivity contribution in [1.29, 1.82) is 0 Å². The highest BCUT2D eigenvalue weighted by Gasteiger charge is 2.25. The Kier molecular flexibility index (Phi) is 5.38. The predicted octanol–water partition coefficient (Wildman–Crippen LogP) is 4.64. The van der Waals surface area contributed by atoms with Crippen molar-refractivity contribution in [2.75, 3.05) is 18.0 Å². The van der Waals surface area contributed by atoms with Crippen LogP contribution in [-0.4, -0.2) is 39.8 Å². The second-order valence-corrected chi connectivity index (χ2v) is 9.20. The molecule has 8 heteroatoms. The number of anilines is 1. The molecule has 32 heavy (non-hydrogen) atoms. The number of nitrogens with zero attached hydrogens (tertiary/aromatic N) is 4. The maximum atomic E-state index is 13.4. The van der Waals surface area contributed by atoms with Gasteiger partial charge in [-0.15, -0.1) is 0 Å². The molecule has 0 atom stereocenters. The fraction of sp³-hybridized carbons (Fsp3) is 0.292. The molecule has 1 amide bonds. The normalized spacial score (nSPS) is 14.8. The SMILES string of the molecule is Cc1ccc(-n2nc(C)c3sc(N4CCC(NC(=O)c5cccc(F)c5)CC4)nc32)cc1. The molecule has 0 unspecified atom stereocenters. The monoisotopic (exact) mass is 449 g/mol. The van der Waals surface area contributed by atoms with E-state index in [1.165, 1.54) is 17.7 Å². The largest absolute Gasteiger partial charge is 0.349 e. The molecule has 0 bridgehead atoms. The average Bonchev–Trinajstić information content (AvgIpc) is 3.36. The van der Waals surface area contributed by atoms with Crippen molar-refractivity contribution in [3.8, 4) is 5.69 Å². The van der Waals surface area contributed by atoms with Gasteiger partial charge in [0.15, 0.2) is 10.8 Å². The average molecular weight is 450 g/mol. The summed E-state index contributed by atoms with van der Waals surface area (Å²) in [6, 6.07) is 14.1. The Labute approximate surface area is 189 Å². The van der Waals surface area contributed by atoms with E-state index in [2.05, 4.69) is 46.5 Å². The summed E-state index contributed by atoms with van der Waals surface area (Å²) in [6.07, 6.45) is 1.64. The number of halogens is 1. The molecule has 164 valence electrons. The molecule has 1 aliphatic heterocycles. The van der Waals surface area contributed by atoms with Crippen LogP contribution in [0.3, 0.4) is 0 Å². The van der Waals surface area contributed by atoms with Crippen LogP contribution in [0.5, 0.6) is 0 Å². The third-order valence-corrected chi connectivity index (χ3v) is 7.06. The third kappa shape index (κ3) is 3.98. The Balaban J connectivity index is 1.28. The van der Waals surface area contributed by atoms with Gasteiger partial charge in [-0.3, -0.25) is 4.79 Å². The number of rotatable bonds is 4. The van der Waals surface area contributed by atoms with Gasteiger partial charge < -0.3 is 10.2 Å². The van der Waals surface area contributed by atoms with Gasteiger partial charge in [0, 0.05) is 24.7 Å². The minimum atomic E-state index is -0.400. The van der Waals surface area contributed by atoms with Gasteiger partial charge >= 0.3 is 0 Å². The van der Waals surface area contributed by atoms with Gasteiger partial charge in [-0.2, -0.15) is 10.1 Å². The topological polar surface area (TPSA) is 63.1 Å². The van der Waals surface area contributed by atoms with Crippen LogP contribution in [0.25, 0.3) is 16.0 Å². The summed E-state index contributed by atoms with van der Waals surface area (Å²) in [5.41, 5.74) is 4.42. The van der Waals surface area contributed by atoms with Crippen LogP contribution in [-0.2, 0) is 0 Å². The quantitative estimate of drug-likeness (QED) is 0.493. The zero-order chi connectivity index (χ0) is 22.2. The summed E-state index contributed by atoms with van der Waals surface area (Å²) in [7, 11) is 0. The second kappa shape index (κ2) is 8.35. The van der Waals surface area contributed by atoms with Crippen LogP contribution in [0.15, 0.2) is 48.5 Å². The van der Waals surface area contributed by atoms with Crippen LogP contribution in [0.4, 0.5) is 9.52 Å². The maximum absolute atomic E-state index is 13.4. The molecule has 2 aromatic carbocycles. The summed E-state index contributed by atoms with van der Waals surface area (Å²) in [4.78, 5) is 19.6. The summed E-state index contributed by atoms with van der Waals surface area (Å²) in [5.74, 6) is -0.625. The molecule has 0 aliphatic carbocycles. The Morgan fingerprint density at radius 2 is 1.88 bits per heavy atom. The smallest absolute Gasteiger partial charge is 0.251 e. The molecule has 5 rings (SSSR count). The zero-order valence-corrected chi connectivity index (χ0v) is 18.8. The Morgan fingerprint density at radius 1 is 1.12 bits per heavy atom. The van der Waals surface area contributed by atoms with E-state index < -0.39 is 5.82 Å². The number of aryl methyl sites for hydroxylation is 2. The van der Waals surface area contributed by atoms with E-state index in [4.69, 9.17) is 4.98 Å². The fourth-order valence-electron chi connectivity index (χ4n) is 4.04. The van der Waals surface area contributed by atoms with Crippen molar-refractivity contribution in [2.45, 2.75) is 32.7 Å². The number of carbonyl (C=O) groups excluding carboxylic acids is 1. The lowest BCUT2D eigenvalue weighted by Crippen LogP contribution is -2.44. The molecule has 2 aromatic heterocycles. The van der Waals surface area contributed by atoms with E-state index in [1.54, 1.807) is 23.5 Å². The van der Waals surface area contributed by atoms with Crippen molar-refractivity contribution in [3.63, 3.8) is 0 Å². The summed E-state index contributed by atoms with van der Waals surface area (Å²) in [6.45, 7) is 5.70. The highest BCUT2D eigenvalue weighted by atomic mass is 32.1. The molecule has 1 N–H and O–H groups in total. The number of hydrogen-bond donors (Lipinski definition) is 1. The Hall–Kier alpha value is -3.26. The number of nitrogens with one attached hydrogen (secondary N) is 1. The summed E-state index contributed by atoms with van der Waals surface area (Å²) < 4.78 is 16.4. The van der Waals surface area contributed by atoms with Gasteiger partial charge in [0.2, 0.25) is 0 Å². The molecule has 1 saturated heterocycles. The Morgan fingerprint density at radius 3 is 2.59 bits per heavy atom. The van der Waals surface area contributed by atoms with Crippen molar-refractivity contribution in [3.05, 3.63) is 71.2 Å². The molecular weight excluding hydrogens is 425 g/mol. The van der Waals surface area contributed by atoms with Crippen LogP contribution >= 0.6 is 11.3 Å². The van der Waals surface area contributed by atoms with Gasteiger partial charge in [-0.05, 0) is 57.0 Å². The van der Waals surface area contributed by atoms with Gasteiger partial charge in [0.1, 0.15) is 5.82 Å². The van der Waals surface area contributed by atoms with Gasteiger partial charge in [0.25, 0.3) is 5.91 Å². The fourth-order valence-corrected chi connectivity index (χ4v) is 5.08. The van der Waals surface area contributed by atoms with E-state index >= 15 is 0 Å². The maximum Gasteiger partial charge on any atom is 0.251 e. The molecule has 6 nitrogen and oxygen atoms in total. The van der Waals surface area contributed by atoms with Crippen LogP contribution < -0.4 is 10.2 Å². The summed E-state index contributed by atoms with van der Waals surface area (Å²) >= 11 is 1.67. The van der Waals surface area contributed by atoms with Crippen LogP contribution in [0, 0.1) is 19.7 Å². The minimum absolute atomic E-state index is 0.0705. The molecule has 0 radical (unpaired) electrons. The summed E-state index contributed by atoms with van der Waals surface area (Å²) in [5, 5.41) is 8.71. The number of fused-ring (bicyclic) bond motifs is 1. The number of hydrogen-bond acceptors (Lipinski definition) is 5. The first-order valence-corrected chi connectivity index (χ1v) is 11.5. The van der Waals surface area contributed by atoms with Gasteiger partial charge in [-0.1, -0.05) is 35.1 Å². The number of amides is 1. The molecule has 0 spiro atoms.